The molecule has 0 unspecified atom stereocenters. The highest BCUT2D eigenvalue weighted by atomic mass is 19.4. The number of hydrogen-bond donors (Lipinski definition) is 0. The van der Waals surface area contributed by atoms with Crippen LogP contribution in [0.1, 0.15) is 6.92 Å². The molecule has 0 aliphatic carbocycles. The Kier molecular flexibility index (Phi) is 3.45. The molecule has 0 aromatic heterocycles. The molecule has 5 heteroatoms. The number of carbonyl (C=O) groups is 1. The fourth-order valence-corrected chi connectivity index (χ4v) is 0.286. The minimum atomic E-state index is -4.48. The molecule has 0 radical (unpaired) electrons. The van der Waals surface area contributed by atoms with Crippen molar-refractivity contribution in [3.8, 4) is 11.8 Å². The van der Waals surface area contributed by atoms with Crippen molar-refractivity contribution in [3.63, 3.8) is 0 Å². The molecule has 0 fully saturated rings. The summed E-state index contributed by atoms with van der Waals surface area (Å²) in [6.45, 7) is -0.255. The van der Waals surface area contributed by atoms with Gasteiger partial charge < -0.3 is 4.74 Å². The van der Waals surface area contributed by atoms with Gasteiger partial charge in [0.2, 0.25) is 0 Å². The molecule has 0 amide bonds. The summed E-state index contributed by atoms with van der Waals surface area (Å²) in [5.41, 5.74) is 0. The predicted octanol–water partition coefficient (Wildman–Crippen LogP) is 1.12. The maximum Gasteiger partial charge on any atom is 0.422 e. The van der Waals surface area contributed by atoms with Crippen LogP contribution in [0.15, 0.2) is 0 Å². The largest absolute Gasteiger partial charge is 0.446 e. The van der Waals surface area contributed by atoms with Gasteiger partial charge in [-0.15, -0.1) is 0 Å². The van der Waals surface area contributed by atoms with E-state index in [1.807, 2.05) is 0 Å². The molecule has 62 valence electrons. The third-order valence-electron chi connectivity index (χ3n) is 0.594. The van der Waals surface area contributed by atoms with E-state index in [1.54, 1.807) is 5.92 Å². The number of halogens is 3. The van der Waals surface area contributed by atoms with E-state index in [0.717, 1.165) is 0 Å². The highest BCUT2D eigenvalue weighted by Gasteiger charge is 2.29. The molecule has 0 aliphatic heterocycles. The summed E-state index contributed by atoms with van der Waals surface area (Å²) in [6, 6.07) is 0. The van der Waals surface area contributed by atoms with Gasteiger partial charge in [-0.05, 0) is 6.92 Å². The van der Waals surface area contributed by atoms with Crippen molar-refractivity contribution >= 4 is 5.97 Å². The first-order valence-corrected chi connectivity index (χ1v) is 2.62. The normalized spacial score (nSPS) is 9.82. The zero-order chi connectivity index (χ0) is 8.91. The lowest BCUT2D eigenvalue weighted by molar-refractivity contribution is -0.182. The summed E-state index contributed by atoms with van der Waals surface area (Å²) in [7, 11) is 0. The first-order valence-electron chi connectivity index (χ1n) is 2.62. The third kappa shape index (κ3) is 6.71. The first kappa shape index (κ1) is 9.82. The monoisotopic (exact) mass is 166 g/mol. The van der Waals surface area contributed by atoms with Crippen LogP contribution in [-0.2, 0) is 9.53 Å². The molecule has 2 nitrogen and oxygen atoms in total. The van der Waals surface area contributed by atoms with Crippen molar-refractivity contribution in [3.05, 3.63) is 0 Å². The highest BCUT2D eigenvalue weighted by molar-refractivity contribution is 5.88. The molecule has 0 heterocycles. The molecule has 0 bridgehead atoms. The van der Waals surface area contributed by atoms with Crippen LogP contribution in [0.3, 0.4) is 0 Å². The quantitative estimate of drug-likeness (QED) is 0.331. The van der Waals surface area contributed by atoms with Gasteiger partial charge in [0.25, 0.3) is 0 Å². The van der Waals surface area contributed by atoms with Crippen molar-refractivity contribution in [1.82, 2.24) is 0 Å². The smallest absolute Gasteiger partial charge is 0.422 e. The van der Waals surface area contributed by atoms with E-state index in [1.165, 1.54) is 6.92 Å². The Labute approximate surface area is 61.3 Å². The lowest BCUT2D eigenvalue weighted by atomic mass is 10.6. The standard InChI is InChI=1S/C6H5F3O2/c1-2-3-5(10)11-4-6(7,8)9/h4H2,1H3. The molecule has 0 N–H and O–H groups in total. The van der Waals surface area contributed by atoms with Gasteiger partial charge in [-0.25, -0.2) is 4.79 Å². The van der Waals surface area contributed by atoms with Crippen LogP contribution in [0.4, 0.5) is 13.2 Å². The van der Waals surface area contributed by atoms with Crippen LogP contribution in [0.2, 0.25) is 0 Å². The van der Waals surface area contributed by atoms with Crippen LogP contribution in [0.25, 0.3) is 0 Å². The third-order valence-corrected chi connectivity index (χ3v) is 0.594. The van der Waals surface area contributed by atoms with Crippen molar-refractivity contribution in [1.29, 1.82) is 0 Å². The van der Waals surface area contributed by atoms with Crippen molar-refractivity contribution < 1.29 is 22.7 Å². The van der Waals surface area contributed by atoms with Gasteiger partial charge in [-0.3, -0.25) is 0 Å². The number of ether oxygens (including phenoxy) is 1. The summed E-state index contributed by atoms with van der Waals surface area (Å²) >= 11 is 0. The zero-order valence-electron chi connectivity index (χ0n) is 5.66. The van der Waals surface area contributed by atoms with Gasteiger partial charge in [0, 0.05) is 5.92 Å². The van der Waals surface area contributed by atoms with E-state index in [-0.39, 0.29) is 0 Å². The number of rotatable bonds is 1. The summed E-state index contributed by atoms with van der Waals surface area (Å²) < 4.78 is 37.7. The maximum absolute atomic E-state index is 11.3. The second kappa shape index (κ2) is 3.86. The maximum atomic E-state index is 11.3. The highest BCUT2D eigenvalue weighted by Crippen LogP contribution is 2.14. The summed E-state index contributed by atoms with van der Waals surface area (Å²) in [5, 5.41) is 0. The van der Waals surface area contributed by atoms with E-state index in [2.05, 4.69) is 10.7 Å². The predicted molar refractivity (Wildman–Crippen MR) is 30.5 cm³/mol. The number of hydrogen-bond acceptors (Lipinski definition) is 2. The van der Waals surface area contributed by atoms with Crippen LogP contribution < -0.4 is 0 Å². The van der Waals surface area contributed by atoms with Crippen LogP contribution in [0.5, 0.6) is 0 Å². The van der Waals surface area contributed by atoms with E-state index in [4.69, 9.17) is 0 Å². The first-order chi connectivity index (χ1) is 4.95. The molecule has 0 aliphatic rings. The lowest BCUT2D eigenvalue weighted by Crippen LogP contribution is -2.19. The Morgan fingerprint density at radius 1 is 1.55 bits per heavy atom. The Balaban J connectivity index is 3.69. The van der Waals surface area contributed by atoms with Crippen LogP contribution in [0, 0.1) is 11.8 Å². The minimum absolute atomic E-state index is 1.16. The van der Waals surface area contributed by atoms with Gasteiger partial charge in [0.15, 0.2) is 6.61 Å². The van der Waals surface area contributed by atoms with Crippen molar-refractivity contribution in [2.75, 3.05) is 6.61 Å². The Hall–Kier alpha value is -1.18. The minimum Gasteiger partial charge on any atom is -0.446 e. The SMILES string of the molecule is CC#CC(=O)OCC(F)(F)F. The Bertz CT molecular complexity index is 196. The van der Waals surface area contributed by atoms with Gasteiger partial charge in [0.1, 0.15) is 0 Å². The van der Waals surface area contributed by atoms with Crippen LogP contribution in [-0.4, -0.2) is 18.8 Å². The van der Waals surface area contributed by atoms with Gasteiger partial charge in [0.05, 0.1) is 0 Å². The van der Waals surface area contributed by atoms with Crippen LogP contribution >= 0.6 is 0 Å². The van der Waals surface area contributed by atoms with E-state index in [9.17, 15) is 18.0 Å². The molecule has 0 saturated carbocycles. The number of esters is 1. The average molecular weight is 166 g/mol. The molecular formula is C6H5F3O2. The average Bonchev–Trinajstić information content (AvgIpc) is 1.83. The summed E-state index contributed by atoms with van der Waals surface area (Å²) in [5.74, 6) is 2.76. The fourth-order valence-electron chi connectivity index (χ4n) is 0.286. The molecule has 0 atom stereocenters. The fraction of sp³-hybridized carbons (Fsp3) is 0.500. The molecule has 0 spiro atoms. The Morgan fingerprint density at radius 3 is 2.45 bits per heavy atom. The van der Waals surface area contributed by atoms with Gasteiger partial charge in [-0.1, -0.05) is 5.92 Å². The molecular weight excluding hydrogens is 161 g/mol. The van der Waals surface area contributed by atoms with Gasteiger partial charge >= 0.3 is 12.1 Å². The van der Waals surface area contributed by atoms with E-state index in [0.29, 0.717) is 0 Å². The number of alkyl halides is 3. The topological polar surface area (TPSA) is 26.3 Å². The lowest BCUT2D eigenvalue weighted by Gasteiger charge is -2.03. The molecule has 11 heavy (non-hydrogen) atoms. The molecule has 0 aromatic rings. The van der Waals surface area contributed by atoms with E-state index >= 15 is 0 Å². The van der Waals surface area contributed by atoms with Crippen molar-refractivity contribution in [2.24, 2.45) is 0 Å². The van der Waals surface area contributed by atoms with Crippen molar-refractivity contribution in [2.45, 2.75) is 13.1 Å². The zero-order valence-corrected chi connectivity index (χ0v) is 5.66. The molecule has 0 saturated heterocycles. The summed E-state index contributed by atoms with van der Waals surface area (Å²) in [6.07, 6.45) is -4.48. The molecule has 0 rings (SSSR count). The van der Waals surface area contributed by atoms with E-state index < -0.39 is 18.8 Å². The Morgan fingerprint density at radius 2 is 2.09 bits per heavy atom. The van der Waals surface area contributed by atoms with Gasteiger partial charge in [-0.2, -0.15) is 13.2 Å². The number of carbonyl (C=O) groups excluding carboxylic acids is 1. The second-order valence-corrected chi connectivity index (χ2v) is 1.57. The second-order valence-electron chi connectivity index (χ2n) is 1.57. The molecule has 0 aromatic carbocycles. The summed E-state index contributed by atoms with van der Waals surface area (Å²) in [4.78, 5) is 10.2.